The molecule has 4 heteroatoms. The van der Waals surface area contributed by atoms with Crippen molar-refractivity contribution >= 4 is 5.69 Å². The fourth-order valence-electron chi connectivity index (χ4n) is 2.13. The van der Waals surface area contributed by atoms with Gasteiger partial charge < -0.3 is 19.9 Å². The standard InChI is InChI=1S/C14H21NO3/c1-16-12-6-7-13(15)14(10-12)18-9-3-5-11-4-2-8-17-11/h6-7,10-11H,2-5,8-9,15H2,1H3. The van der Waals surface area contributed by atoms with Crippen LogP contribution < -0.4 is 15.2 Å². The molecule has 0 radical (unpaired) electrons. The number of hydrogen-bond donors (Lipinski definition) is 1. The summed E-state index contributed by atoms with van der Waals surface area (Å²) in [6, 6.07) is 5.45. The van der Waals surface area contributed by atoms with E-state index in [9.17, 15) is 0 Å². The number of methoxy groups -OCH3 is 1. The molecule has 4 nitrogen and oxygen atoms in total. The summed E-state index contributed by atoms with van der Waals surface area (Å²) in [5.41, 5.74) is 6.49. The van der Waals surface area contributed by atoms with Crippen molar-refractivity contribution in [1.82, 2.24) is 0 Å². The molecule has 1 heterocycles. The van der Waals surface area contributed by atoms with E-state index in [1.165, 1.54) is 12.8 Å². The first-order chi connectivity index (χ1) is 8.79. The number of rotatable bonds is 6. The minimum absolute atomic E-state index is 0.427. The van der Waals surface area contributed by atoms with E-state index in [-0.39, 0.29) is 0 Å². The molecule has 1 fully saturated rings. The third-order valence-electron chi connectivity index (χ3n) is 3.17. The van der Waals surface area contributed by atoms with Crippen LogP contribution in [0.25, 0.3) is 0 Å². The van der Waals surface area contributed by atoms with Gasteiger partial charge in [0, 0.05) is 12.7 Å². The van der Waals surface area contributed by atoms with Gasteiger partial charge in [-0.15, -0.1) is 0 Å². The Labute approximate surface area is 108 Å². The lowest BCUT2D eigenvalue weighted by Gasteiger charge is -2.12. The zero-order valence-corrected chi connectivity index (χ0v) is 10.9. The molecule has 1 aromatic rings. The van der Waals surface area contributed by atoms with Gasteiger partial charge in [-0.1, -0.05) is 0 Å². The maximum atomic E-state index is 5.84. The number of ether oxygens (including phenoxy) is 3. The summed E-state index contributed by atoms with van der Waals surface area (Å²) in [6.45, 7) is 1.57. The molecule has 1 saturated heterocycles. The zero-order valence-electron chi connectivity index (χ0n) is 10.9. The second kappa shape index (κ2) is 6.50. The first-order valence-corrected chi connectivity index (χ1v) is 6.47. The summed E-state index contributed by atoms with van der Waals surface area (Å²) in [7, 11) is 1.63. The second-order valence-corrected chi connectivity index (χ2v) is 4.53. The van der Waals surface area contributed by atoms with Gasteiger partial charge >= 0.3 is 0 Å². The average molecular weight is 251 g/mol. The zero-order chi connectivity index (χ0) is 12.8. The SMILES string of the molecule is COc1ccc(N)c(OCCCC2CCCO2)c1. The normalized spacial score (nSPS) is 18.8. The highest BCUT2D eigenvalue weighted by atomic mass is 16.5. The quantitative estimate of drug-likeness (QED) is 0.623. The Kier molecular flexibility index (Phi) is 4.70. The summed E-state index contributed by atoms with van der Waals surface area (Å²) >= 11 is 0. The molecule has 1 aromatic carbocycles. The van der Waals surface area contributed by atoms with Crippen molar-refractivity contribution in [3.8, 4) is 11.5 Å². The van der Waals surface area contributed by atoms with E-state index < -0.39 is 0 Å². The smallest absolute Gasteiger partial charge is 0.145 e. The highest BCUT2D eigenvalue weighted by molar-refractivity contribution is 5.55. The van der Waals surface area contributed by atoms with Gasteiger partial charge in [-0.3, -0.25) is 0 Å². The summed E-state index contributed by atoms with van der Waals surface area (Å²) < 4.78 is 16.4. The fourth-order valence-corrected chi connectivity index (χ4v) is 2.13. The van der Waals surface area contributed by atoms with Crippen molar-refractivity contribution in [2.75, 3.05) is 26.1 Å². The minimum atomic E-state index is 0.427. The molecule has 2 rings (SSSR count). The molecule has 18 heavy (non-hydrogen) atoms. The highest BCUT2D eigenvalue weighted by Gasteiger charge is 2.14. The van der Waals surface area contributed by atoms with E-state index in [0.717, 1.165) is 25.2 Å². The van der Waals surface area contributed by atoms with Crippen molar-refractivity contribution in [2.45, 2.75) is 31.8 Å². The van der Waals surface area contributed by atoms with E-state index in [4.69, 9.17) is 19.9 Å². The maximum absolute atomic E-state index is 5.84. The molecule has 2 N–H and O–H groups in total. The largest absolute Gasteiger partial charge is 0.497 e. The third kappa shape index (κ3) is 3.53. The van der Waals surface area contributed by atoms with Crippen LogP contribution in [0, 0.1) is 0 Å². The number of hydrogen-bond acceptors (Lipinski definition) is 4. The first-order valence-electron chi connectivity index (χ1n) is 6.47. The van der Waals surface area contributed by atoms with Crippen molar-refractivity contribution < 1.29 is 14.2 Å². The topological polar surface area (TPSA) is 53.7 Å². The van der Waals surface area contributed by atoms with Crippen LogP contribution in [0.4, 0.5) is 5.69 Å². The fraction of sp³-hybridized carbons (Fsp3) is 0.571. The Bertz CT molecular complexity index is 375. The van der Waals surface area contributed by atoms with Gasteiger partial charge in [0.15, 0.2) is 0 Å². The highest BCUT2D eigenvalue weighted by Crippen LogP contribution is 2.27. The average Bonchev–Trinajstić information content (AvgIpc) is 2.89. The Morgan fingerprint density at radius 3 is 3.06 bits per heavy atom. The molecule has 0 amide bonds. The molecule has 1 unspecified atom stereocenters. The van der Waals surface area contributed by atoms with Crippen LogP contribution in [-0.2, 0) is 4.74 Å². The van der Waals surface area contributed by atoms with E-state index in [0.29, 0.717) is 24.1 Å². The van der Waals surface area contributed by atoms with Crippen molar-refractivity contribution in [3.63, 3.8) is 0 Å². The molecule has 0 saturated carbocycles. The van der Waals surface area contributed by atoms with Gasteiger partial charge in [0.1, 0.15) is 11.5 Å². The molecule has 1 aliphatic rings. The van der Waals surface area contributed by atoms with Gasteiger partial charge in [-0.2, -0.15) is 0 Å². The summed E-state index contributed by atoms with van der Waals surface area (Å²) in [5, 5.41) is 0. The minimum Gasteiger partial charge on any atom is -0.497 e. The first kappa shape index (κ1) is 13.0. The van der Waals surface area contributed by atoms with Gasteiger partial charge in [0.25, 0.3) is 0 Å². The Hall–Kier alpha value is -1.42. The van der Waals surface area contributed by atoms with Crippen LogP contribution in [0.3, 0.4) is 0 Å². The van der Waals surface area contributed by atoms with Crippen LogP contribution >= 0.6 is 0 Å². The van der Waals surface area contributed by atoms with Crippen molar-refractivity contribution in [1.29, 1.82) is 0 Å². The van der Waals surface area contributed by atoms with Crippen LogP contribution in [0.15, 0.2) is 18.2 Å². The van der Waals surface area contributed by atoms with Crippen molar-refractivity contribution in [2.24, 2.45) is 0 Å². The molecule has 0 spiro atoms. The maximum Gasteiger partial charge on any atom is 0.145 e. The van der Waals surface area contributed by atoms with Crippen LogP contribution in [0.2, 0.25) is 0 Å². The lowest BCUT2D eigenvalue weighted by Crippen LogP contribution is -2.08. The molecular weight excluding hydrogens is 230 g/mol. The molecule has 0 aliphatic carbocycles. The van der Waals surface area contributed by atoms with E-state index in [1.54, 1.807) is 13.2 Å². The summed E-state index contributed by atoms with van der Waals surface area (Å²) in [5.74, 6) is 1.46. The van der Waals surface area contributed by atoms with E-state index in [1.807, 2.05) is 12.1 Å². The molecule has 0 bridgehead atoms. The van der Waals surface area contributed by atoms with Crippen LogP contribution in [0.5, 0.6) is 11.5 Å². The van der Waals surface area contributed by atoms with Crippen LogP contribution in [0.1, 0.15) is 25.7 Å². The second-order valence-electron chi connectivity index (χ2n) is 4.53. The third-order valence-corrected chi connectivity index (χ3v) is 3.17. The Balaban J connectivity index is 1.75. The number of anilines is 1. The van der Waals surface area contributed by atoms with Crippen molar-refractivity contribution in [3.05, 3.63) is 18.2 Å². The lowest BCUT2D eigenvalue weighted by molar-refractivity contribution is 0.0981. The van der Waals surface area contributed by atoms with Crippen LogP contribution in [-0.4, -0.2) is 26.4 Å². The molecule has 0 aromatic heterocycles. The molecule has 1 aliphatic heterocycles. The Morgan fingerprint density at radius 1 is 1.44 bits per heavy atom. The molecule has 100 valence electrons. The lowest BCUT2D eigenvalue weighted by atomic mass is 10.1. The van der Waals surface area contributed by atoms with Gasteiger partial charge in [-0.05, 0) is 37.8 Å². The molecule has 1 atom stereocenters. The predicted molar refractivity (Wildman–Crippen MR) is 71.1 cm³/mol. The number of benzene rings is 1. The van der Waals surface area contributed by atoms with Gasteiger partial charge in [0.05, 0.1) is 25.5 Å². The Morgan fingerprint density at radius 2 is 2.33 bits per heavy atom. The van der Waals surface area contributed by atoms with Gasteiger partial charge in [0.2, 0.25) is 0 Å². The number of nitrogen functional groups attached to an aromatic ring is 1. The monoisotopic (exact) mass is 251 g/mol. The number of nitrogens with two attached hydrogens (primary N) is 1. The molecular formula is C14H21NO3. The summed E-state index contributed by atoms with van der Waals surface area (Å²) in [6.07, 6.45) is 4.84. The summed E-state index contributed by atoms with van der Waals surface area (Å²) in [4.78, 5) is 0. The van der Waals surface area contributed by atoms with Gasteiger partial charge in [-0.25, -0.2) is 0 Å². The van der Waals surface area contributed by atoms with E-state index in [2.05, 4.69) is 0 Å². The van der Waals surface area contributed by atoms with E-state index >= 15 is 0 Å². The predicted octanol–water partition coefficient (Wildman–Crippen LogP) is 2.62.